The Hall–Kier alpha value is -1.42. The molecule has 1 aliphatic rings. The minimum Gasteiger partial charge on any atom is -0.314 e. The highest BCUT2D eigenvalue weighted by molar-refractivity contribution is 5.39. The van der Waals surface area contributed by atoms with E-state index in [-0.39, 0.29) is 10.6 Å². The first-order chi connectivity index (χ1) is 9.18. The molecule has 1 atom stereocenters. The summed E-state index contributed by atoms with van der Waals surface area (Å²) >= 11 is 0. The van der Waals surface area contributed by atoms with Gasteiger partial charge < -0.3 is 5.32 Å². The normalized spacial score (nSPS) is 17.5. The summed E-state index contributed by atoms with van der Waals surface area (Å²) in [7, 11) is 0. The molecule has 0 radical (unpaired) electrons. The standard InChI is InChI=1S/C15H22N2O2/c1-12(13-6-2-3-7-13)16-11-10-14-8-4-5-9-15(14)17(18)19/h4-5,8-9,12-13,16H,2-3,6-7,10-11H2,1H3. The Labute approximate surface area is 114 Å². The lowest BCUT2D eigenvalue weighted by atomic mass is 9.99. The van der Waals surface area contributed by atoms with Crippen molar-refractivity contribution in [2.45, 2.75) is 45.1 Å². The monoisotopic (exact) mass is 262 g/mol. The maximum atomic E-state index is 10.9. The summed E-state index contributed by atoms with van der Waals surface area (Å²) in [6, 6.07) is 7.53. The third-order valence-electron chi connectivity index (χ3n) is 4.16. The molecule has 0 saturated heterocycles. The number of nitro benzene ring substituents is 1. The largest absolute Gasteiger partial charge is 0.314 e. The van der Waals surface area contributed by atoms with Crippen LogP contribution in [0.25, 0.3) is 0 Å². The highest BCUT2D eigenvalue weighted by Crippen LogP contribution is 2.27. The molecule has 1 saturated carbocycles. The van der Waals surface area contributed by atoms with Crippen molar-refractivity contribution in [2.24, 2.45) is 5.92 Å². The second-order valence-corrected chi connectivity index (χ2v) is 5.42. The molecule has 1 unspecified atom stereocenters. The molecule has 19 heavy (non-hydrogen) atoms. The van der Waals surface area contributed by atoms with Gasteiger partial charge in [0.25, 0.3) is 5.69 Å². The molecule has 4 nitrogen and oxygen atoms in total. The summed E-state index contributed by atoms with van der Waals surface area (Å²) < 4.78 is 0. The van der Waals surface area contributed by atoms with Crippen molar-refractivity contribution >= 4 is 5.69 Å². The van der Waals surface area contributed by atoms with E-state index in [4.69, 9.17) is 0 Å². The molecule has 1 N–H and O–H groups in total. The molecular formula is C15H22N2O2. The molecule has 1 aromatic carbocycles. The Kier molecular flexibility index (Phi) is 4.91. The maximum absolute atomic E-state index is 10.9. The Morgan fingerprint density at radius 2 is 2.05 bits per heavy atom. The van der Waals surface area contributed by atoms with E-state index in [1.807, 2.05) is 12.1 Å². The van der Waals surface area contributed by atoms with Gasteiger partial charge in [-0.3, -0.25) is 10.1 Å². The van der Waals surface area contributed by atoms with Crippen molar-refractivity contribution in [3.8, 4) is 0 Å². The molecule has 1 aliphatic carbocycles. The highest BCUT2D eigenvalue weighted by Gasteiger charge is 2.21. The minimum absolute atomic E-state index is 0.234. The van der Waals surface area contributed by atoms with Crippen molar-refractivity contribution in [1.29, 1.82) is 0 Å². The summed E-state index contributed by atoms with van der Waals surface area (Å²) in [4.78, 5) is 10.6. The van der Waals surface area contributed by atoms with E-state index in [2.05, 4.69) is 12.2 Å². The first-order valence-electron chi connectivity index (χ1n) is 7.14. The van der Waals surface area contributed by atoms with Crippen molar-refractivity contribution in [3.05, 3.63) is 39.9 Å². The van der Waals surface area contributed by atoms with Crippen LogP contribution in [0.15, 0.2) is 24.3 Å². The molecule has 0 aliphatic heterocycles. The average Bonchev–Trinajstić information content (AvgIpc) is 2.93. The van der Waals surface area contributed by atoms with Crippen molar-refractivity contribution in [1.82, 2.24) is 5.32 Å². The lowest BCUT2D eigenvalue weighted by Crippen LogP contribution is -2.33. The van der Waals surface area contributed by atoms with Gasteiger partial charge in [0.05, 0.1) is 4.92 Å². The maximum Gasteiger partial charge on any atom is 0.272 e. The second kappa shape index (κ2) is 6.66. The topological polar surface area (TPSA) is 55.2 Å². The van der Waals surface area contributed by atoms with Crippen molar-refractivity contribution in [2.75, 3.05) is 6.54 Å². The van der Waals surface area contributed by atoms with E-state index in [0.29, 0.717) is 12.5 Å². The summed E-state index contributed by atoms with van der Waals surface area (Å²) in [5.74, 6) is 0.783. The fourth-order valence-corrected chi connectivity index (χ4v) is 2.96. The number of para-hydroxylation sites is 1. The van der Waals surface area contributed by atoms with Gasteiger partial charge in [-0.05, 0) is 38.6 Å². The van der Waals surface area contributed by atoms with Gasteiger partial charge in [-0.15, -0.1) is 0 Å². The Morgan fingerprint density at radius 3 is 2.74 bits per heavy atom. The summed E-state index contributed by atoms with van der Waals surface area (Å²) in [5.41, 5.74) is 1.05. The number of hydrogen-bond acceptors (Lipinski definition) is 3. The quantitative estimate of drug-likeness (QED) is 0.632. The van der Waals surface area contributed by atoms with Crippen LogP contribution < -0.4 is 5.32 Å². The van der Waals surface area contributed by atoms with Gasteiger partial charge in [0.1, 0.15) is 0 Å². The molecular weight excluding hydrogens is 240 g/mol. The van der Waals surface area contributed by atoms with Crippen LogP contribution in [0.3, 0.4) is 0 Å². The van der Waals surface area contributed by atoms with Crippen molar-refractivity contribution in [3.63, 3.8) is 0 Å². The summed E-state index contributed by atoms with van der Waals surface area (Å²) in [6.07, 6.45) is 6.05. The van der Waals surface area contributed by atoms with E-state index in [9.17, 15) is 10.1 Å². The minimum atomic E-state index is -0.296. The van der Waals surface area contributed by atoms with E-state index < -0.39 is 0 Å². The molecule has 104 valence electrons. The van der Waals surface area contributed by atoms with Crippen LogP contribution in [0.5, 0.6) is 0 Å². The fourth-order valence-electron chi connectivity index (χ4n) is 2.96. The molecule has 0 amide bonds. The third-order valence-corrected chi connectivity index (χ3v) is 4.16. The predicted molar refractivity (Wildman–Crippen MR) is 76.2 cm³/mol. The lowest BCUT2D eigenvalue weighted by Gasteiger charge is -2.20. The van der Waals surface area contributed by atoms with E-state index in [1.165, 1.54) is 25.7 Å². The summed E-state index contributed by atoms with van der Waals surface area (Å²) in [5, 5.41) is 14.4. The molecule has 2 rings (SSSR count). The Morgan fingerprint density at radius 1 is 1.37 bits per heavy atom. The van der Waals surface area contributed by atoms with Gasteiger partial charge in [0.15, 0.2) is 0 Å². The van der Waals surface area contributed by atoms with E-state index in [1.54, 1.807) is 12.1 Å². The van der Waals surface area contributed by atoms with Crippen LogP contribution in [0.2, 0.25) is 0 Å². The Bertz CT molecular complexity index is 428. The third kappa shape index (κ3) is 3.77. The SMILES string of the molecule is CC(NCCc1ccccc1[N+](=O)[O-])C1CCCC1. The first kappa shape index (κ1) is 14.0. The lowest BCUT2D eigenvalue weighted by molar-refractivity contribution is -0.385. The number of nitro groups is 1. The molecule has 0 bridgehead atoms. The average molecular weight is 262 g/mol. The highest BCUT2D eigenvalue weighted by atomic mass is 16.6. The van der Waals surface area contributed by atoms with Crippen LogP contribution in [0.4, 0.5) is 5.69 Å². The van der Waals surface area contributed by atoms with Gasteiger partial charge in [0, 0.05) is 17.7 Å². The summed E-state index contributed by atoms with van der Waals surface area (Å²) in [6.45, 7) is 3.04. The second-order valence-electron chi connectivity index (χ2n) is 5.42. The number of nitrogens with one attached hydrogen (secondary N) is 1. The van der Waals surface area contributed by atoms with Crippen LogP contribution in [0.1, 0.15) is 38.2 Å². The zero-order valence-corrected chi connectivity index (χ0v) is 11.5. The van der Waals surface area contributed by atoms with Gasteiger partial charge in [-0.25, -0.2) is 0 Å². The zero-order chi connectivity index (χ0) is 13.7. The fraction of sp³-hybridized carbons (Fsp3) is 0.600. The van der Waals surface area contributed by atoms with E-state index in [0.717, 1.165) is 18.0 Å². The smallest absolute Gasteiger partial charge is 0.272 e. The molecule has 0 aromatic heterocycles. The van der Waals surface area contributed by atoms with Gasteiger partial charge >= 0.3 is 0 Å². The van der Waals surface area contributed by atoms with Crippen LogP contribution >= 0.6 is 0 Å². The molecule has 1 aromatic rings. The van der Waals surface area contributed by atoms with Crippen molar-refractivity contribution < 1.29 is 4.92 Å². The molecule has 1 fully saturated rings. The van der Waals surface area contributed by atoms with E-state index >= 15 is 0 Å². The molecule has 0 spiro atoms. The van der Waals surface area contributed by atoms with Gasteiger partial charge in [-0.1, -0.05) is 31.0 Å². The number of rotatable bonds is 6. The van der Waals surface area contributed by atoms with Gasteiger partial charge in [0.2, 0.25) is 0 Å². The van der Waals surface area contributed by atoms with Gasteiger partial charge in [-0.2, -0.15) is 0 Å². The number of benzene rings is 1. The van der Waals surface area contributed by atoms with Crippen LogP contribution in [-0.4, -0.2) is 17.5 Å². The van der Waals surface area contributed by atoms with Crippen LogP contribution in [0, 0.1) is 16.0 Å². The first-order valence-corrected chi connectivity index (χ1v) is 7.14. The van der Waals surface area contributed by atoms with Crippen LogP contribution in [-0.2, 0) is 6.42 Å². The zero-order valence-electron chi connectivity index (χ0n) is 11.5. The molecule has 0 heterocycles. The molecule has 4 heteroatoms. The number of nitrogens with zero attached hydrogens (tertiary/aromatic N) is 1. The predicted octanol–water partition coefficient (Wildman–Crippen LogP) is 3.31. The number of hydrogen-bond donors (Lipinski definition) is 1. The Balaban J connectivity index is 1.83.